The van der Waals surface area contributed by atoms with Crippen LogP contribution in [0.15, 0.2) is 67.0 Å². The molecule has 1 N–H and O–H groups in total. The van der Waals surface area contributed by atoms with Crippen molar-refractivity contribution in [1.82, 2.24) is 4.90 Å². The number of alkyl halides is 2. The van der Waals surface area contributed by atoms with Gasteiger partial charge in [-0.2, -0.15) is 8.78 Å². The summed E-state index contributed by atoms with van der Waals surface area (Å²) >= 11 is 14.1. The molecule has 2 bridgehead atoms. The zero-order valence-electron chi connectivity index (χ0n) is 28.5. The highest BCUT2D eigenvalue weighted by molar-refractivity contribution is 7.14. The van der Waals surface area contributed by atoms with Crippen LogP contribution in [0.4, 0.5) is 23.7 Å². The van der Waals surface area contributed by atoms with E-state index >= 15 is 4.39 Å². The molecule has 280 valence electrons. The number of anilines is 1. The Balaban J connectivity index is 1.13. The number of para-hydroxylation sites is 1. The van der Waals surface area contributed by atoms with E-state index in [1.165, 1.54) is 35.2 Å². The lowest BCUT2D eigenvalue weighted by Crippen LogP contribution is -2.53. The van der Waals surface area contributed by atoms with Gasteiger partial charge in [0.25, 0.3) is 0 Å². The lowest BCUT2D eigenvalue weighted by atomic mass is 9.86. The minimum absolute atomic E-state index is 0.0416. The number of pyridine rings is 1. The Kier molecular flexibility index (Phi) is 11.6. The van der Waals surface area contributed by atoms with Gasteiger partial charge in [0.15, 0.2) is 23.9 Å². The molecule has 9 nitrogen and oxygen atoms in total. The van der Waals surface area contributed by atoms with E-state index in [0.717, 1.165) is 50.1 Å². The molecular weight excluding hydrogens is 754 g/mol. The fourth-order valence-corrected chi connectivity index (χ4v) is 8.09. The Labute approximate surface area is 318 Å². The first-order valence-corrected chi connectivity index (χ1v) is 19.0. The van der Waals surface area contributed by atoms with Crippen molar-refractivity contribution < 1.29 is 46.7 Å². The molecule has 0 radical (unpaired) electrons. The standard InChI is InChI=1S/C38H36Cl2F3N3O6S/c39-27-17-44-18-28(40)26(27)16-32(24-7-9-31(51-37(42)43)33(15-24)49-21-22-5-6-22)50-36(47)35-10-8-25(53-35)19-46(30-4-2-1-3-29(30)41)38(48)52-34-20-45-13-11-23(34)12-14-45/h1-4,7-10,15,17-18,22-23,32,34,37H,5-6,11-14,16,19-21H2/p+1/t32-,34-/m0/s1. The van der Waals surface area contributed by atoms with Gasteiger partial charge in [0.05, 0.1) is 18.8 Å². The van der Waals surface area contributed by atoms with Gasteiger partial charge in [-0.15, -0.1) is 11.3 Å². The van der Waals surface area contributed by atoms with Crippen LogP contribution in [0.2, 0.25) is 10.0 Å². The molecule has 1 aliphatic carbocycles. The first-order chi connectivity index (χ1) is 25.6. The summed E-state index contributed by atoms with van der Waals surface area (Å²) in [6.45, 7) is -0.201. The molecule has 0 unspecified atom stereocenters. The Morgan fingerprint density at radius 3 is 2.42 bits per heavy atom. The second-order valence-electron chi connectivity index (χ2n) is 13.4. The number of aromatic amines is 1. The molecule has 2 aromatic carbocycles. The lowest BCUT2D eigenvalue weighted by Gasteiger charge is -2.44. The van der Waals surface area contributed by atoms with Crippen molar-refractivity contribution in [3.63, 3.8) is 0 Å². The molecule has 4 fully saturated rings. The number of rotatable bonds is 14. The third-order valence-electron chi connectivity index (χ3n) is 9.75. The predicted molar refractivity (Wildman–Crippen MR) is 193 cm³/mol. The zero-order chi connectivity index (χ0) is 37.1. The number of piperidine rings is 3. The SMILES string of the molecule is O=C(O[C@@H](Cc1c(Cl)c[nH+]cc1Cl)c1ccc(OC(F)F)c(OCC2CC2)c1)c1ccc(CN(C(=O)O[C@H]2CN3CCC2CC3)c2ccccc2F)s1. The quantitative estimate of drug-likeness (QED) is 0.118. The number of ether oxygens (including phenoxy) is 4. The largest absolute Gasteiger partial charge is 0.489 e. The van der Waals surface area contributed by atoms with Crippen molar-refractivity contribution >= 4 is 52.3 Å². The van der Waals surface area contributed by atoms with Gasteiger partial charge < -0.3 is 18.9 Å². The number of hydrogen-bond acceptors (Lipinski definition) is 8. The number of aromatic nitrogens is 1. The van der Waals surface area contributed by atoms with Crippen molar-refractivity contribution in [3.8, 4) is 11.5 Å². The number of halogens is 5. The number of amides is 1. The van der Waals surface area contributed by atoms with Crippen LogP contribution in [0.25, 0.3) is 0 Å². The van der Waals surface area contributed by atoms with Gasteiger partial charge in [-0.05, 0) is 92.6 Å². The number of fused-ring (bicyclic) bond motifs is 3. The number of benzene rings is 2. The van der Waals surface area contributed by atoms with E-state index < -0.39 is 30.6 Å². The molecule has 1 amide bonds. The molecule has 2 atom stereocenters. The summed E-state index contributed by atoms with van der Waals surface area (Å²) < 4.78 is 64.3. The van der Waals surface area contributed by atoms with Crippen molar-refractivity contribution in [3.05, 3.63) is 104 Å². The molecule has 0 spiro atoms. The molecule has 3 aliphatic heterocycles. The summed E-state index contributed by atoms with van der Waals surface area (Å²) in [6, 6.07) is 13.6. The predicted octanol–water partition coefficient (Wildman–Crippen LogP) is 8.78. The molecule has 5 heterocycles. The fourth-order valence-electron chi connectivity index (χ4n) is 6.68. The summed E-state index contributed by atoms with van der Waals surface area (Å²) in [5, 5.41) is 0.608. The minimum Gasteiger partial charge on any atom is -0.489 e. The van der Waals surface area contributed by atoms with E-state index in [1.54, 1.807) is 36.7 Å². The number of nitrogens with zero attached hydrogens (tertiary/aromatic N) is 2. The van der Waals surface area contributed by atoms with Gasteiger partial charge in [0.1, 0.15) is 32.9 Å². The summed E-state index contributed by atoms with van der Waals surface area (Å²) in [5.41, 5.74) is 0.986. The number of carbonyl (C=O) groups is 2. The maximum Gasteiger partial charge on any atom is 0.415 e. The second-order valence-corrected chi connectivity index (χ2v) is 15.4. The summed E-state index contributed by atoms with van der Waals surface area (Å²) in [4.78, 5) is 34.6. The number of thiophene rings is 1. The third-order valence-corrected chi connectivity index (χ3v) is 11.5. The van der Waals surface area contributed by atoms with Crippen molar-refractivity contribution in [2.24, 2.45) is 11.8 Å². The van der Waals surface area contributed by atoms with Gasteiger partial charge in [-0.3, -0.25) is 9.80 Å². The average Bonchev–Trinajstić information content (AvgIpc) is 3.86. The van der Waals surface area contributed by atoms with E-state index in [0.29, 0.717) is 45.1 Å². The number of esters is 1. The van der Waals surface area contributed by atoms with Crippen LogP contribution in [0.5, 0.6) is 11.5 Å². The van der Waals surface area contributed by atoms with Crippen LogP contribution in [-0.4, -0.2) is 55.9 Å². The van der Waals surface area contributed by atoms with E-state index in [-0.39, 0.29) is 47.1 Å². The fraction of sp³-hybridized carbons (Fsp3) is 0.395. The Hall–Kier alpha value is -4.04. The zero-order valence-corrected chi connectivity index (χ0v) is 30.8. The molecule has 4 aliphatic rings. The van der Waals surface area contributed by atoms with Gasteiger partial charge in [0, 0.05) is 23.4 Å². The highest BCUT2D eigenvalue weighted by Crippen LogP contribution is 2.39. The van der Waals surface area contributed by atoms with Gasteiger partial charge in [-0.25, -0.2) is 19.0 Å². The van der Waals surface area contributed by atoms with Crippen LogP contribution in [0.1, 0.15) is 57.5 Å². The minimum atomic E-state index is -3.07. The van der Waals surface area contributed by atoms with Crippen LogP contribution in [-0.2, 0) is 22.4 Å². The van der Waals surface area contributed by atoms with Crippen LogP contribution < -0.4 is 19.4 Å². The molecule has 1 saturated carbocycles. The first kappa shape index (κ1) is 37.3. The third kappa shape index (κ3) is 9.20. The van der Waals surface area contributed by atoms with E-state index in [2.05, 4.69) is 9.88 Å². The first-order valence-electron chi connectivity index (χ1n) is 17.4. The topological polar surface area (TPSA) is 91.7 Å². The number of hydrogen-bond donors (Lipinski definition) is 0. The lowest BCUT2D eigenvalue weighted by molar-refractivity contribution is -0.377. The monoisotopic (exact) mass is 790 g/mol. The van der Waals surface area contributed by atoms with Crippen LogP contribution >= 0.6 is 34.5 Å². The Bertz CT molecular complexity index is 1920. The van der Waals surface area contributed by atoms with Crippen LogP contribution in [0.3, 0.4) is 0 Å². The smallest absolute Gasteiger partial charge is 0.415 e. The molecule has 15 heteroatoms. The summed E-state index contributed by atoms with van der Waals surface area (Å²) in [5.74, 6) is -0.745. The molecule has 3 saturated heterocycles. The highest BCUT2D eigenvalue weighted by atomic mass is 35.5. The number of nitrogens with one attached hydrogen (secondary N) is 1. The highest BCUT2D eigenvalue weighted by Gasteiger charge is 2.38. The van der Waals surface area contributed by atoms with Gasteiger partial charge in [0.2, 0.25) is 0 Å². The maximum atomic E-state index is 15.1. The summed E-state index contributed by atoms with van der Waals surface area (Å²) in [6.07, 6.45) is 5.03. The van der Waals surface area contributed by atoms with Gasteiger partial charge in [-0.1, -0.05) is 41.4 Å². The maximum absolute atomic E-state index is 15.1. The Morgan fingerprint density at radius 1 is 0.981 bits per heavy atom. The van der Waals surface area contributed by atoms with Crippen molar-refractivity contribution in [2.75, 3.05) is 31.1 Å². The number of H-pyrrole nitrogens is 1. The van der Waals surface area contributed by atoms with E-state index in [9.17, 15) is 18.4 Å². The average molecular weight is 792 g/mol. The molecule has 4 aromatic rings. The molecule has 8 rings (SSSR count). The second kappa shape index (κ2) is 16.5. The van der Waals surface area contributed by atoms with E-state index in [1.807, 2.05) is 0 Å². The van der Waals surface area contributed by atoms with Crippen molar-refractivity contribution in [1.29, 1.82) is 0 Å². The molecule has 2 aromatic heterocycles. The number of carbonyl (C=O) groups excluding carboxylic acids is 2. The summed E-state index contributed by atoms with van der Waals surface area (Å²) in [7, 11) is 0. The van der Waals surface area contributed by atoms with E-state index in [4.69, 9.17) is 42.1 Å². The molecular formula is C38H37Cl2F3N3O6S+. The molecule has 53 heavy (non-hydrogen) atoms. The van der Waals surface area contributed by atoms with Gasteiger partial charge >= 0.3 is 18.7 Å². The normalized spacial score (nSPS) is 19.8. The van der Waals surface area contributed by atoms with Crippen LogP contribution in [0, 0.1) is 17.7 Å². The Morgan fingerprint density at radius 2 is 1.74 bits per heavy atom. The van der Waals surface area contributed by atoms with Crippen molar-refractivity contribution in [2.45, 2.75) is 57.5 Å².